The maximum Gasteiger partial charge on any atom is 0.265 e. The van der Waals surface area contributed by atoms with Gasteiger partial charge in [-0.05, 0) is 60.3 Å². The molecule has 1 aliphatic heterocycles. The molecule has 0 bridgehead atoms. The number of nitrogens with zero attached hydrogens (tertiary/aromatic N) is 1. The van der Waals surface area contributed by atoms with E-state index in [4.69, 9.17) is 33.3 Å². The summed E-state index contributed by atoms with van der Waals surface area (Å²) >= 11 is 11.4. The van der Waals surface area contributed by atoms with Crippen molar-refractivity contribution in [3.63, 3.8) is 0 Å². The summed E-state index contributed by atoms with van der Waals surface area (Å²) in [5, 5.41) is 5.09. The average Bonchev–Trinajstić information content (AvgIpc) is 2.80. The van der Waals surface area contributed by atoms with Crippen molar-refractivity contribution in [1.29, 1.82) is 0 Å². The first kappa shape index (κ1) is 24.9. The zero-order valence-corrected chi connectivity index (χ0v) is 19.5. The van der Waals surface area contributed by atoms with Crippen LogP contribution in [0.3, 0.4) is 0 Å². The van der Waals surface area contributed by atoms with Crippen molar-refractivity contribution in [3.05, 3.63) is 71.0 Å². The van der Waals surface area contributed by atoms with Gasteiger partial charge >= 0.3 is 0 Å². The molecule has 8 nitrogen and oxygen atoms in total. The fraction of sp³-hybridized carbons (Fsp3) is 0.130. The zero-order valence-electron chi connectivity index (χ0n) is 17.9. The number of ether oxygens (including phenoxy) is 2. The number of thiocarbonyl (C=S) groups is 1. The van der Waals surface area contributed by atoms with Crippen LogP contribution in [0.2, 0.25) is 5.02 Å². The van der Waals surface area contributed by atoms with Gasteiger partial charge in [-0.3, -0.25) is 24.6 Å². The molecule has 1 saturated heterocycles. The molecular formula is C23H19ClFN3O5S. The summed E-state index contributed by atoms with van der Waals surface area (Å²) in [5.41, 5.74) is 0.631. The molecule has 1 heterocycles. The predicted octanol–water partition coefficient (Wildman–Crippen LogP) is 3.32. The molecule has 0 aromatic heterocycles. The molecule has 34 heavy (non-hydrogen) atoms. The highest BCUT2D eigenvalue weighted by atomic mass is 35.5. The lowest BCUT2D eigenvalue weighted by Gasteiger charge is -2.27. The van der Waals surface area contributed by atoms with Gasteiger partial charge in [0.2, 0.25) is 0 Å². The Bertz CT molecular complexity index is 1200. The van der Waals surface area contributed by atoms with Crippen molar-refractivity contribution < 1.29 is 28.2 Å². The zero-order chi connectivity index (χ0) is 24.8. The molecule has 1 fully saturated rings. The van der Waals surface area contributed by atoms with E-state index in [-0.39, 0.29) is 33.8 Å². The number of halogens is 2. The van der Waals surface area contributed by atoms with Gasteiger partial charge in [-0.15, -0.1) is 6.58 Å². The van der Waals surface area contributed by atoms with Gasteiger partial charge < -0.3 is 14.8 Å². The molecule has 0 radical (unpaired) electrons. The van der Waals surface area contributed by atoms with Crippen LogP contribution in [0.25, 0.3) is 6.08 Å². The van der Waals surface area contributed by atoms with Gasteiger partial charge in [0.1, 0.15) is 11.4 Å². The maximum atomic E-state index is 13.0. The predicted molar refractivity (Wildman–Crippen MR) is 129 cm³/mol. The minimum atomic E-state index is -0.650. The summed E-state index contributed by atoms with van der Waals surface area (Å²) in [7, 11) is 1.37. The Morgan fingerprint density at radius 3 is 2.65 bits per heavy atom. The minimum absolute atomic E-state index is 0.00896. The molecule has 176 valence electrons. The standard InChI is InChI=1S/C23H19ClFN3O5S/c1-3-8-28-22(31)16(21(30)27-23(28)34)9-13-10-17(24)20(18(11-13)32-2)33-12-19(29)26-15-6-4-14(25)5-7-15/h3-7,9-11H,1,8,12H2,2H3,(H,26,29)(H,27,30,34)/b16-9+. The third kappa shape index (κ3) is 5.77. The summed E-state index contributed by atoms with van der Waals surface area (Å²) in [4.78, 5) is 38.4. The maximum absolute atomic E-state index is 13.0. The summed E-state index contributed by atoms with van der Waals surface area (Å²) < 4.78 is 23.8. The molecule has 11 heteroatoms. The molecular weight excluding hydrogens is 485 g/mol. The van der Waals surface area contributed by atoms with Crippen molar-refractivity contribution in [2.75, 3.05) is 25.6 Å². The molecule has 2 aromatic carbocycles. The van der Waals surface area contributed by atoms with Gasteiger partial charge in [-0.25, -0.2) is 4.39 Å². The van der Waals surface area contributed by atoms with Crippen molar-refractivity contribution in [1.82, 2.24) is 10.2 Å². The fourth-order valence-corrected chi connectivity index (χ4v) is 3.51. The van der Waals surface area contributed by atoms with Crippen LogP contribution in [0.1, 0.15) is 5.56 Å². The van der Waals surface area contributed by atoms with E-state index in [1.807, 2.05) is 0 Å². The number of rotatable bonds is 8. The van der Waals surface area contributed by atoms with Gasteiger partial charge in [0.25, 0.3) is 17.7 Å². The SMILES string of the molecule is C=CCN1C(=O)/C(=C/c2cc(Cl)c(OCC(=O)Nc3ccc(F)cc3)c(OC)c2)C(=O)NC1=S. The number of hydrogen-bond acceptors (Lipinski definition) is 6. The van der Waals surface area contributed by atoms with E-state index >= 15 is 0 Å². The van der Waals surface area contributed by atoms with E-state index in [9.17, 15) is 18.8 Å². The van der Waals surface area contributed by atoms with E-state index in [0.29, 0.717) is 11.3 Å². The van der Waals surface area contributed by atoms with Crippen LogP contribution in [-0.4, -0.2) is 48.0 Å². The number of carbonyl (C=O) groups excluding carboxylic acids is 3. The largest absolute Gasteiger partial charge is 0.493 e. The number of methoxy groups -OCH3 is 1. The van der Waals surface area contributed by atoms with E-state index in [0.717, 1.165) is 0 Å². The number of nitrogens with one attached hydrogen (secondary N) is 2. The third-order valence-corrected chi connectivity index (χ3v) is 5.14. The van der Waals surface area contributed by atoms with E-state index in [1.54, 1.807) is 0 Å². The third-order valence-electron chi connectivity index (χ3n) is 4.54. The monoisotopic (exact) mass is 503 g/mol. The number of amides is 3. The lowest BCUT2D eigenvalue weighted by molar-refractivity contribution is -0.128. The van der Waals surface area contributed by atoms with Gasteiger partial charge in [0, 0.05) is 12.2 Å². The average molecular weight is 504 g/mol. The first-order chi connectivity index (χ1) is 16.2. The van der Waals surface area contributed by atoms with E-state index in [1.165, 1.54) is 60.6 Å². The number of carbonyl (C=O) groups is 3. The summed E-state index contributed by atoms with van der Waals surface area (Å²) in [6.45, 7) is 3.31. The van der Waals surface area contributed by atoms with Gasteiger partial charge in [-0.2, -0.15) is 0 Å². The fourth-order valence-electron chi connectivity index (χ4n) is 2.99. The van der Waals surface area contributed by atoms with Crippen LogP contribution in [-0.2, 0) is 14.4 Å². The van der Waals surface area contributed by atoms with Crippen LogP contribution in [0.5, 0.6) is 11.5 Å². The minimum Gasteiger partial charge on any atom is -0.493 e. The number of anilines is 1. The van der Waals surface area contributed by atoms with Crippen LogP contribution in [0, 0.1) is 5.82 Å². The van der Waals surface area contributed by atoms with Crippen molar-refractivity contribution >= 4 is 58.4 Å². The van der Waals surface area contributed by atoms with E-state index in [2.05, 4.69) is 17.2 Å². The quantitative estimate of drug-likeness (QED) is 0.248. The van der Waals surface area contributed by atoms with Crippen molar-refractivity contribution in [3.8, 4) is 11.5 Å². The molecule has 0 saturated carbocycles. The van der Waals surface area contributed by atoms with Crippen LogP contribution in [0.15, 0.2) is 54.6 Å². The highest BCUT2D eigenvalue weighted by molar-refractivity contribution is 7.80. The Hall–Kier alpha value is -3.76. The highest BCUT2D eigenvalue weighted by Gasteiger charge is 2.32. The van der Waals surface area contributed by atoms with E-state index < -0.39 is 30.1 Å². The van der Waals surface area contributed by atoms with Gasteiger partial charge in [-0.1, -0.05) is 17.7 Å². The topological polar surface area (TPSA) is 97.0 Å². The van der Waals surface area contributed by atoms with Crippen LogP contribution in [0.4, 0.5) is 10.1 Å². The Morgan fingerprint density at radius 1 is 1.29 bits per heavy atom. The van der Waals surface area contributed by atoms with Crippen LogP contribution < -0.4 is 20.1 Å². The smallest absolute Gasteiger partial charge is 0.265 e. The normalized spacial score (nSPS) is 14.6. The second kappa shape index (κ2) is 10.9. The van der Waals surface area contributed by atoms with Crippen LogP contribution >= 0.6 is 23.8 Å². The second-order valence-corrected chi connectivity index (χ2v) is 7.69. The molecule has 0 atom stereocenters. The number of hydrogen-bond donors (Lipinski definition) is 2. The molecule has 1 aliphatic rings. The summed E-state index contributed by atoms with van der Waals surface area (Å²) in [5.74, 6) is -1.89. The Kier molecular flexibility index (Phi) is 7.98. The van der Waals surface area contributed by atoms with Gasteiger partial charge in [0.15, 0.2) is 23.2 Å². The Labute approximate surface area is 205 Å². The number of benzene rings is 2. The Morgan fingerprint density at radius 2 is 2.00 bits per heavy atom. The second-order valence-electron chi connectivity index (χ2n) is 6.90. The first-order valence-electron chi connectivity index (χ1n) is 9.79. The van der Waals surface area contributed by atoms with Crippen molar-refractivity contribution in [2.45, 2.75) is 0 Å². The molecule has 2 aromatic rings. The molecule has 3 rings (SSSR count). The molecule has 0 aliphatic carbocycles. The lowest BCUT2D eigenvalue weighted by atomic mass is 10.1. The molecule has 2 N–H and O–H groups in total. The lowest BCUT2D eigenvalue weighted by Crippen LogP contribution is -2.53. The van der Waals surface area contributed by atoms with Crippen molar-refractivity contribution in [2.24, 2.45) is 0 Å². The first-order valence-corrected chi connectivity index (χ1v) is 10.6. The van der Waals surface area contributed by atoms with Gasteiger partial charge in [0.05, 0.1) is 12.1 Å². The summed E-state index contributed by atoms with van der Waals surface area (Å²) in [6.07, 6.45) is 2.83. The molecule has 3 amide bonds. The molecule has 0 spiro atoms. The Balaban J connectivity index is 1.78. The summed E-state index contributed by atoms with van der Waals surface area (Å²) in [6, 6.07) is 8.20. The molecule has 0 unspecified atom stereocenters. The highest BCUT2D eigenvalue weighted by Crippen LogP contribution is 2.37.